The third-order valence-corrected chi connectivity index (χ3v) is 7.49. The third kappa shape index (κ3) is 3.85. The molecule has 0 bridgehead atoms. The van der Waals surface area contributed by atoms with E-state index in [1.807, 2.05) is 0 Å². The Morgan fingerprint density at radius 1 is 1.29 bits per heavy atom. The lowest BCUT2D eigenvalue weighted by Gasteiger charge is -2.29. The van der Waals surface area contributed by atoms with E-state index in [1.54, 1.807) is 0 Å². The number of aryl methyl sites for hydroxylation is 1. The highest BCUT2D eigenvalue weighted by atomic mass is 79.9. The zero-order valence-corrected chi connectivity index (χ0v) is 14.3. The number of ether oxygens (including phenoxy) is 1. The molecule has 0 N–H and O–H groups in total. The summed E-state index contributed by atoms with van der Waals surface area (Å²) in [5.74, 6) is 1.06. The monoisotopic (exact) mass is 314 g/mol. The Balaban J connectivity index is 2.82. The van der Waals surface area contributed by atoms with Gasteiger partial charge in [0.2, 0.25) is 0 Å². The van der Waals surface area contributed by atoms with Crippen LogP contribution >= 0.6 is 15.9 Å². The van der Waals surface area contributed by atoms with Crippen LogP contribution in [0.1, 0.15) is 25.0 Å². The van der Waals surface area contributed by atoms with Crippen molar-refractivity contribution in [2.24, 2.45) is 0 Å². The standard InChI is InChI=1S/C14H23BrOSi/c1-11-7-6-8-12(9-15)13(11)16-10-14(2,3)17(4)5/h6-8,17H,9-10H2,1-5H3. The van der Waals surface area contributed by atoms with Crippen LogP contribution < -0.4 is 4.74 Å². The van der Waals surface area contributed by atoms with Gasteiger partial charge in [0.25, 0.3) is 0 Å². The average molecular weight is 315 g/mol. The predicted molar refractivity (Wildman–Crippen MR) is 82.2 cm³/mol. The zero-order chi connectivity index (χ0) is 13.1. The van der Waals surface area contributed by atoms with Gasteiger partial charge < -0.3 is 4.74 Å². The van der Waals surface area contributed by atoms with E-state index in [0.29, 0.717) is 5.04 Å². The molecule has 0 aliphatic heterocycles. The Labute approximate surface area is 115 Å². The molecule has 1 rings (SSSR count). The average Bonchev–Trinajstić information content (AvgIpc) is 2.26. The van der Waals surface area contributed by atoms with Crippen LogP contribution in [0.25, 0.3) is 0 Å². The van der Waals surface area contributed by atoms with Gasteiger partial charge >= 0.3 is 0 Å². The molecule has 1 aromatic carbocycles. The maximum absolute atomic E-state index is 6.09. The summed E-state index contributed by atoms with van der Waals surface area (Å²) in [6.45, 7) is 12.3. The molecule has 0 heterocycles. The SMILES string of the molecule is Cc1cccc(CBr)c1OCC(C)(C)[SiH](C)C. The molecule has 1 nitrogen and oxygen atoms in total. The summed E-state index contributed by atoms with van der Waals surface area (Å²) in [5, 5.41) is 1.19. The van der Waals surface area contributed by atoms with Crippen LogP contribution in [0.2, 0.25) is 18.1 Å². The highest BCUT2D eigenvalue weighted by Crippen LogP contribution is 2.32. The molecule has 0 amide bonds. The predicted octanol–water partition coefficient (Wildman–Crippen LogP) is 4.54. The van der Waals surface area contributed by atoms with E-state index in [1.165, 1.54) is 11.1 Å². The van der Waals surface area contributed by atoms with Crippen LogP contribution in [0.5, 0.6) is 5.75 Å². The lowest BCUT2D eigenvalue weighted by molar-refractivity contribution is 0.273. The summed E-state index contributed by atoms with van der Waals surface area (Å²) in [6.07, 6.45) is 0. The Morgan fingerprint density at radius 2 is 1.94 bits per heavy atom. The number of benzene rings is 1. The van der Waals surface area contributed by atoms with Crippen molar-refractivity contribution >= 4 is 24.7 Å². The topological polar surface area (TPSA) is 9.23 Å². The molecule has 0 aromatic heterocycles. The maximum Gasteiger partial charge on any atom is 0.126 e. The van der Waals surface area contributed by atoms with Crippen molar-refractivity contribution in [1.29, 1.82) is 0 Å². The molecule has 1 aromatic rings. The highest BCUT2D eigenvalue weighted by Gasteiger charge is 2.24. The van der Waals surface area contributed by atoms with Gasteiger partial charge in [-0.05, 0) is 17.5 Å². The first-order chi connectivity index (χ1) is 7.88. The second-order valence-electron chi connectivity index (χ2n) is 5.63. The Hall–Kier alpha value is -0.283. The Bertz CT molecular complexity index is 374. The molecule has 0 radical (unpaired) electrons. The molecule has 0 spiro atoms. The molecular weight excluding hydrogens is 292 g/mol. The fourth-order valence-electron chi connectivity index (χ4n) is 1.45. The van der Waals surface area contributed by atoms with Crippen LogP contribution in [0.3, 0.4) is 0 Å². The van der Waals surface area contributed by atoms with Crippen molar-refractivity contribution in [3.8, 4) is 5.75 Å². The smallest absolute Gasteiger partial charge is 0.126 e. The molecule has 17 heavy (non-hydrogen) atoms. The minimum Gasteiger partial charge on any atom is -0.493 e. The van der Waals surface area contributed by atoms with E-state index >= 15 is 0 Å². The van der Waals surface area contributed by atoms with Gasteiger partial charge in [0.05, 0.1) is 6.61 Å². The maximum atomic E-state index is 6.09. The van der Waals surface area contributed by atoms with Gasteiger partial charge in [-0.3, -0.25) is 0 Å². The Morgan fingerprint density at radius 3 is 2.47 bits per heavy atom. The summed E-state index contributed by atoms with van der Waals surface area (Å²) in [7, 11) is -0.698. The first-order valence-electron chi connectivity index (χ1n) is 6.15. The van der Waals surface area contributed by atoms with E-state index in [0.717, 1.165) is 17.7 Å². The highest BCUT2D eigenvalue weighted by molar-refractivity contribution is 9.08. The van der Waals surface area contributed by atoms with Gasteiger partial charge in [0.1, 0.15) is 5.75 Å². The molecule has 3 heteroatoms. The van der Waals surface area contributed by atoms with E-state index < -0.39 is 8.80 Å². The van der Waals surface area contributed by atoms with Gasteiger partial charge in [-0.25, -0.2) is 0 Å². The molecule has 0 atom stereocenters. The van der Waals surface area contributed by atoms with Crippen LogP contribution in [-0.4, -0.2) is 15.4 Å². The van der Waals surface area contributed by atoms with Crippen molar-refractivity contribution in [3.63, 3.8) is 0 Å². The van der Waals surface area contributed by atoms with E-state index in [9.17, 15) is 0 Å². The first kappa shape index (κ1) is 14.8. The van der Waals surface area contributed by atoms with Crippen LogP contribution in [0, 0.1) is 6.92 Å². The molecule has 0 saturated carbocycles. The van der Waals surface area contributed by atoms with E-state index in [2.05, 4.69) is 68.0 Å². The number of hydrogen-bond donors (Lipinski definition) is 0. The van der Waals surface area contributed by atoms with Crippen molar-refractivity contribution in [2.45, 2.75) is 44.2 Å². The van der Waals surface area contributed by atoms with Gasteiger partial charge in [0.15, 0.2) is 0 Å². The summed E-state index contributed by atoms with van der Waals surface area (Å²) in [5.41, 5.74) is 2.47. The zero-order valence-electron chi connectivity index (χ0n) is 11.5. The molecule has 0 saturated heterocycles. The number of rotatable bonds is 5. The second-order valence-corrected chi connectivity index (χ2v) is 10.1. The van der Waals surface area contributed by atoms with Gasteiger partial charge in [-0.1, -0.05) is 61.1 Å². The summed E-state index contributed by atoms with van der Waals surface area (Å²) in [6, 6.07) is 6.32. The lowest BCUT2D eigenvalue weighted by atomic mass is 10.1. The fraction of sp³-hybridized carbons (Fsp3) is 0.571. The number of halogens is 1. The number of alkyl halides is 1. The quantitative estimate of drug-likeness (QED) is 0.573. The minimum absolute atomic E-state index is 0.339. The van der Waals surface area contributed by atoms with Crippen molar-refractivity contribution in [2.75, 3.05) is 6.61 Å². The third-order valence-electron chi connectivity index (χ3n) is 3.59. The Kier molecular flexibility index (Phi) is 5.26. The number of hydrogen-bond acceptors (Lipinski definition) is 1. The lowest BCUT2D eigenvalue weighted by Crippen LogP contribution is -2.28. The minimum atomic E-state index is -0.698. The van der Waals surface area contributed by atoms with Crippen LogP contribution in [0.4, 0.5) is 0 Å². The fourth-order valence-corrected chi connectivity index (χ4v) is 2.31. The summed E-state index contributed by atoms with van der Waals surface area (Å²) < 4.78 is 6.09. The summed E-state index contributed by atoms with van der Waals surface area (Å²) >= 11 is 3.52. The second kappa shape index (κ2) is 6.05. The molecular formula is C14H23BrOSi. The van der Waals surface area contributed by atoms with Gasteiger partial charge in [-0.2, -0.15) is 0 Å². The van der Waals surface area contributed by atoms with Crippen molar-refractivity contribution < 1.29 is 4.74 Å². The normalized spacial score (nSPS) is 11.9. The number of para-hydroxylation sites is 1. The first-order valence-corrected chi connectivity index (χ1v) is 10.2. The van der Waals surface area contributed by atoms with Crippen molar-refractivity contribution in [1.82, 2.24) is 0 Å². The van der Waals surface area contributed by atoms with E-state index in [4.69, 9.17) is 4.74 Å². The van der Waals surface area contributed by atoms with Crippen LogP contribution in [-0.2, 0) is 5.33 Å². The molecule has 0 aliphatic carbocycles. The van der Waals surface area contributed by atoms with Crippen molar-refractivity contribution in [3.05, 3.63) is 29.3 Å². The van der Waals surface area contributed by atoms with Gasteiger partial charge in [-0.15, -0.1) is 0 Å². The molecule has 0 unspecified atom stereocenters. The molecule has 0 fully saturated rings. The summed E-state index contributed by atoms with van der Waals surface area (Å²) in [4.78, 5) is 0. The molecule has 0 aliphatic rings. The molecule has 96 valence electrons. The van der Waals surface area contributed by atoms with Crippen LogP contribution in [0.15, 0.2) is 18.2 Å². The van der Waals surface area contributed by atoms with E-state index in [-0.39, 0.29) is 0 Å². The van der Waals surface area contributed by atoms with Gasteiger partial charge in [0, 0.05) is 19.7 Å². The largest absolute Gasteiger partial charge is 0.493 e.